The van der Waals surface area contributed by atoms with Crippen LogP contribution in [0, 0.1) is 0 Å². The average Bonchev–Trinajstić information content (AvgIpc) is 3.45. The van der Waals surface area contributed by atoms with Crippen LogP contribution in [0.2, 0.25) is 10.0 Å². The Kier molecular flexibility index (Phi) is 8.70. The van der Waals surface area contributed by atoms with Gasteiger partial charge in [-0.3, -0.25) is 4.79 Å². The molecule has 0 aliphatic carbocycles. The molecule has 0 saturated carbocycles. The van der Waals surface area contributed by atoms with Crippen molar-refractivity contribution in [2.24, 2.45) is 0 Å². The summed E-state index contributed by atoms with van der Waals surface area (Å²) in [4.78, 5) is 15.6. The summed E-state index contributed by atoms with van der Waals surface area (Å²) in [6, 6.07) is 21.1. The van der Waals surface area contributed by atoms with Crippen LogP contribution < -0.4 is 0 Å². The number of hydrogen-bond donors (Lipinski definition) is 2. The second-order valence-corrected chi connectivity index (χ2v) is 13.4. The third kappa shape index (κ3) is 5.52. The Labute approximate surface area is 232 Å². The SMILES string of the molecule is O=C(C(c1ccccc1Cl)C(O)c1ccc(Br)s1)C(c1ccccc1Cl)C(O)c1ccc(Br)s1. The number of Topliss-reactive ketones (excluding diaryl/α,β-unsaturated/α-hetero) is 1. The van der Waals surface area contributed by atoms with E-state index in [1.807, 2.05) is 12.1 Å². The van der Waals surface area contributed by atoms with Gasteiger partial charge < -0.3 is 10.2 Å². The van der Waals surface area contributed by atoms with Crippen molar-refractivity contribution in [2.75, 3.05) is 0 Å². The molecule has 4 unspecified atom stereocenters. The molecule has 0 bridgehead atoms. The van der Waals surface area contributed by atoms with Crippen molar-refractivity contribution >= 4 is 83.5 Å². The Bertz CT molecular complexity index is 1210. The number of halogens is 4. The summed E-state index contributed by atoms with van der Waals surface area (Å²) in [6.45, 7) is 0. The van der Waals surface area contributed by atoms with Gasteiger partial charge in [0.15, 0.2) is 5.78 Å². The Hall–Kier alpha value is -1.03. The minimum atomic E-state index is -1.17. The number of benzene rings is 2. The maximum atomic E-state index is 14.3. The number of thiophene rings is 2. The smallest absolute Gasteiger partial charge is 0.153 e. The van der Waals surface area contributed by atoms with Gasteiger partial charge in [-0.25, -0.2) is 0 Å². The first kappa shape index (κ1) is 26.0. The summed E-state index contributed by atoms with van der Waals surface area (Å²) in [6.07, 6.45) is -2.34. The van der Waals surface area contributed by atoms with Crippen molar-refractivity contribution in [2.45, 2.75) is 24.0 Å². The molecule has 4 atom stereocenters. The summed E-state index contributed by atoms with van der Waals surface area (Å²) >= 11 is 22.6. The minimum Gasteiger partial charge on any atom is -0.386 e. The molecule has 4 aromatic rings. The fraction of sp³-hybridized carbons (Fsp3) is 0.160. The molecule has 2 N–H and O–H groups in total. The molecule has 34 heavy (non-hydrogen) atoms. The zero-order valence-electron chi connectivity index (χ0n) is 17.4. The first-order valence-corrected chi connectivity index (χ1v) is 14.1. The number of aliphatic hydroxyl groups excluding tert-OH is 2. The highest BCUT2D eigenvalue weighted by Gasteiger charge is 2.41. The second-order valence-electron chi connectivity index (χ2n) is 7.57. The monoisotopic (exact) mass is 658 g/mol. The fourth-order valence-electron chi connectivity index (χ4n) is 3.91. The van der Waals surface area contributed by atoms with Gasteiger partial charge >= 0.3 is 0 Å². The van der Waals surface area contributed by atoms with Crippen LogP contribution in [-0.2, 0) is 4.79 Å². The molecule has 3 nitrogen and oxygen atoms in total. The van der Waals surface area contributed by atoms with Gasteiger partial charge in [0.2, 0.25) is 0 Å². The Morgan fingerprint density at radius 3 is 1.38 bits per heavy atom. The molecule has 176 valence electrons. The summed E-state index contributed by atoms with van der Waals surface area (Å²) in [7, 11) is 0. The number of rotatable bonds is 8. The molecule has 0 radical (unpaired) electrons. The maximum absolute atomic E-state index is 14.3. The Morgan fingerprint density at radius 1 is 0.676 bits per heavy atom. The van der Waals surface area contributed by atoms with E-state index in [2.05, 4.69) is 31.9 Å². The van der Waals surface area contributed by atoms with Crippen molar-refractivity contribution in [3.05, 3.63) is 111 Å². The zero-order chi connectivity index (χ0) is 24.4. The van der Waals surface area contributed by atoms with E-state index in [0.717, 1.165) is 7.57 Å². The van der Waals surface area contributed by atoms with Crippen LogP contribution in [0.4, 0.5) is 0 Å². The molecule has 0 spiro atoms. The molecular formula is C25H18Br2Cl2O3S2. The van der Waals surface area contributed by atoms with Crippen molar-refractivity contribution in [1.82, 2.24) is 0 Å². The fourth-order valence-corrected chi connectivity index (χ4v) is 7.31. The van der Waals surface area contributed by atoms with E-state index in [1.54, 1.807) is 60.7 Å². The van der Waals surface area contributed by atoms with Gasteiger partial charge in [-0.15, -0.1) is 22.7 Å². The number of carbonyl (C=O) groups excluding carboxylic acids is 1. The van der Waals surface area contributed by atoms with Crippen LogP contribution >= 0.6 is 77.7 Å². The average molecular weight is 661 g/mol. The normalized spacial score (nSPS) is 15.0. The van der Waals surface area contributed by atoms with E-state index >= 15 is 0 Å². The summed E-state index contributed by atoms with van der Waals surface area (Å²) in [5.41, 5.74) is 0.977. The van der Waals surface area contributed by atoms with Gasteiger partial charge in [-0.2, -0.15) is 0 Å². The van der Waals surface area contributed by atoms with E-state index in [-0.39, 0.29) is 5.78 Å². The predicted octanol–water partition coefficient (Wildman–Crippen LogP) is 8.55. The predicted molar refractivity (Wildman–Crippen MR) is 147 cm³/mol. The zero-order valence-corrected chi connectivity index (χ0v) is 23.7. The van der Waals surface area contributed by atoms with Crippen LogP contribution in [0.3, 0.4) is 0 Å². The first-order chi connectivity index (χ1) is 16.3. The lowest BCUT2D eigenvalue weighted by molar-refractivity contribution is -0.127. The Morgan fingerprint density at radius 2 is 1.06 bits per heavy atom. The van der Waals surface area contributed by atoms with Gasteiger partial charge in [-0.05, 0) is 79.4 Å². The highest BCUT2D eigenvalue weighted by atomic mass is 79.9. The van der Waals surface area contributed by atoms with E-state index < -0.39 is 24.0 Å². The van der Waals surface area contributed by atoms with E-state index in [9.17, 15) is 15.0 Å². The number of ketones is 1. The van der Waals surface area contributed by atoms with Crippen molar-refractivity contribution in [3.63, 3.8) is 0 Å². The van der Waals surface area contributed by atoms with Gasteiger partial charge in [0, 0.05) is 19.8 Å². The molecule has 0 amide bonds. The largest absolute Gasteiger partial charge is 0.386 e. The van der Waals surface area contributed by atoms with Gasteiger partial charge in [0.05, 0.1) is 19.4 Å². The van der Waals surface area contributed by atoms with Gasteiger partial charge in [-0.1, -0.05) is 59.6 Å². The maximum Gasteiger partial charge on any atom is 0.153 e. The van der Waals surface area contributed by atoms with Crippen molar-refractivity contribution in [1.29, 1.82) is 0 Å². The molecule has 2 heterocycles. The Balaban J connectivity index is 1.87. The lowest BCUT2D eigenvalue weighted by Crippen LogP contribution is -2.29. The number of carbonyl (C=O) groups is 1. The van der Waals surface area contributed by atoms with Gasteiger partial charge in [0.25, 0.3) is 0 Å². The van der Waals surface area contributed by atoms with Gasteiger partial charge in [0.1, 0.15) is 12.2 Å². The topological polar surface area (TPSA) is 57.5 Å². The molecule has 2 aromatic carbocycles. The third-order valence-corrected chi connectivity index (χ3v) is 9.57. The summed E-state index contributed by atoms with van der Waals surface area (Å²) in [5, 5.41) is 23.6. The molecule has 9 heteroatoms. The molecule has 0 aliphatic heterocycles. The first-order valence-electron chi connectivity index (χ1n) is 10.2. The number of hydrogen-bond acceptors (Lipinski definition) is 5. The third-order valence-electron chi connectivity index (χ3n) is 5.50. The summed E-state index contributed by atoms with van der Waals surface area (Å²) in [5.74, 6) is -2.44. The molecule has 0 fully saturated rings. The molecule has 4 rings (SSSR count). The highest BCUT2D eigenvalue weighted by molar-refractivity contribution is 9.11. The highest BCUT2D eigenvalue weighted by Crippen LogP contribution is 2.46. The van der Waals surface area contributed by atoms with Crippen LogP contribution in [0.5, 0.6) is 0 Å². The number of aliphatic hydroxyl groups is 2. The van der Waals surface area contributed by atoms with E-state index in [4.69, 9.17) is 23.2 Å². The molecule has 2 aromatic heterocycles. The van der Waals surface area contributed by atoms with E-state index in [0.29, 0.717) is 30.9 Å². The quantitative estimate of drug-likeness (QED) is 0.199. The summed E-state index contributed by atoms with van der Waals surface area (Å²) < 4.78 is 1.66. The molecule has 0 aliphatic rings. The van der Waals surface area contributed by atoms with Crippen LogP contribution in [0.15, 0.2) is 80.4 Å². The van der Waals surface area contributed by atoms with Crippen LogP contribution in [0.25, 0.3) is 0 Å². The second kappa shape index (κ2) is 11.4. The lowest BCUT2D eigenvalue weighted by Gasteiger charge is -2.30. The minimum absolute atomic E-state index is 0.363. The molecule has 0 saturated heterocycles. The van der Waals surface area contributed by atoms with Crippen LogP contribution in [-0.4, -0.2) is 16.0 Å². The lowest BCUT2D eigenvalue weighted by atomic mass is 9.77. The standard InChI is InChI=1S/C25H18Br2Cl2O3S2/c26-19-11-9-17(33-19)23(30)21(13-5-1-3-7-15(13)28)25(32)22(14-6-2-4-8-16(14)29)24(31)18-10-12-20(27)34-18/h1-12,21-24,30-31H. The van der Waals surface area contributed by atoms with E-state index in [1.165, 1.54) is 22.7 Å². The molecular weight excluding hydrogens is 643 g/mol. The van der Waals surface area contributed by atoms with Crippen LogP contribution in [0.1, 0.15) is 44.9 Å². The van der Waals surface area contributed by atoms with Crippen molar-refractivity contribution < 1.29 is 15.0 Å². The van der Waals surface area contributed by atoms with Crippen molar-refractivity contribution in [3.8, 4) is 0 Å².